The molecule has 138 valence electrons. The number of carboxylic acids is 1. The summed E-state index contributed by atoms with van der Waals surface area (Å²) >= 11 is 3.45. The third-order valence-corrected chi connectivity index (χ3v) is 4.36. The van der Waals surface area contributed by atoms with Gasteiger partial charge in [-0.2, -0.15) is 0 Å². The van der Waals surface area contributed by atoms with Crippen LogP contribution >= 0.6 is 15.9 Å². The Hall–Kier alpha value is -3.06. The standard InChI is InChI=1S/C20H17BrN2O4/c21-15-6-8-17(27-12-13-4-2-1-3-5-13)14(10-15)11-22-18-9-7-16(20(25)26)19(24)23-18/h1-10H,11-12H2,(H,25,26)(H2,22,23,24). The fourth-order valence-corrected chi connectivity index (χ4v) is 2.91. The van der Waals surface area contributed by atoms with E-state index in [1.807, 2.05) is 48.5 Å². The minimum Gasteiger partial charge on any atom is -0.489 e. The SMILES string of the molecule is O=C(O)c1ccc(NCc2cc(Br)ccc2OCc2ccccc2)[nH]c1=O. The molecule has 3 N–H and O–H groups in total. The molecule has 0 saturated carbocycles. The lowest BCUT2D eigenvalue weighted by Crippen LogP contribution is -2.18. The fraction of sp³-hybridized carbons (Fsp3) is 0.100. The van der Waals surface area contributed by atoms with E-state index in [0.29, 0.717) is 19.0 Å². The minimum atomic E-state index is -1.26. The molecule has 0 spiro atoms. The van der Waals surface area contributed by atoms with E-state index in [-0.39, 0.29) is 5.56 Å². The van der Waals surface area contributed by atoms with Gasteiger partial charge in [0.05, 0.1) is 0 Å². The highest BCUT2D eigenvalue weighted by molar-refractivity contribution is 9.10. The van der Waals surface area contributed by atoms with Crippen LogP contribution < -0.4 is 15.6 Å². The number of carbonyl (C=O) groups is 1. The van der Waals surface area contributed by atoms with Gasteiger partial charge in [0, 0.05) is 16.6 Å². The zero-order valence-corrected chi connectivity index (χ0v) is 15.8. The predicted molar refractivity (Wildman–Crippen MR) is 106 cm³/mol. The number of rotatable bonds is 7. The lowest BCUT2D eigenvalue weighted by molar-refractivity contribution is 0.0695. The molecule has 27 heavy (non-hydrogen) atoms. The first-order chi connectivity index (χ1) is 13.0. The van der Waals surface area contributed by atoms with Gasteiger partial charge in [-0.15, -0.1) is 0 Å². The zero-order chi connectivity index (χ0) is 19.2. The predicted octanol–water partition coefficient (Wildman–Crippen LogP) is 4.03. The molecule has 0 amide bonds. The van der Waals surface area contributed by atoms with Crippen LogP contribution in [0.2, 0.25) is 0 Å². The molecule has 0 aliphatic carbocycles. The molecule has 0 unspecified atom stereocenters. The lowest BCUT2D eigenvalue weighted by Gasteiger charge is -2.13. The minimum absolute atomic E-state index is 0.296. The highest BCUT2D eigenvalue weighted by Crippen LogP contribution is 2.25. The van der Waals surface area contributed by atoms with Crippen LogP contribution in [-0.4, -0.2) is 16.1 Å². The molecule has 0 radical (unpaired) electrons. The molecule has 0 aliphatic rings. The second-order valence-electron chi connectivity index (χ2n) is 5.80. The molecular formula is C20H17BrN2O4. The number of aromatic amines is 1. The number of halogens is 1. The van der Waals surface area contributed by atoms with Gasteiger partial charge in [0.2, 0.25) is 0 Å². The molecule has 6 nitrogen and oxygen atoms in total. The number of anilines is 1. The lowest BCUT2D eigenvalue weighted by atomic mass is 10.2. The molecule has 7 heteroatoms. The van der Waals surface area contributed by atoms with Gasteiger partial charge in [0.25, 0.3) is 5.56 Å². The van der Waals surface area contributed by atoms with Crippen molar-refractivity contribution in [1.82, 2.24) is 4.98 Å². The molecule has 0 saturated heterocycles. The van der Waals surface area contributed by atoms with Crippen molar-refractivity contribution in [1.29, 1.82) is 0 Å². The van der Waals surface area contributed by atoms with Crippen molar-refractivity contribution >= 4 is 27.7 Å². The Morgan fingerprint density at radius 3 is 2.59 bits per heavy atom. The average Bonchev–Trinajstić information content (AvgIpc) is 2.66. The van der Waals surface area contributed by atoms with Gasteiger partial charge in [0.15, 0.2) is 0 Å². The van der Waals surface area contributed by atoms with E-state index >= 15 is 0 Å². The highest BCUT2D eigenvalue weighted by Gasteiger charge is 2.10. The van der Waals surface area contributed by atoms with Crippen LogP contribution in [0.1, 0.15) is 21.5 Å². The first kappa shape index (κ1) is 18.7. The summed E-state index contributed by atoms with van der Waals surface area (Å²) in [5, 5.41) is 12.0. The van der Waals surface area contributed by atoms with Crippen LogP contribution in [0.3, 0.4) is 0 Å². The Bertz CT molecular complexity index is 1000. The van der Waals surface area contributed by atoms with Crippen LogP contribution in [-0.2, 0) is 13.2 Å². The normalized spacial score (nSPS) is 10.4. The Balaban J connectivity index is 1.72. The number of pyridine rings is 1. The second-order valence-corrected chi connectivity index (χ2v) is 6.72. The summed E-state index contributed by atoms with van der Waals surface area (Å²) in [4.78, 5) is 25.2. The van der Waals surface area contributed by atoms with E-state index in [4.69, 9.17) is 9.84 Å². The molecule has 2 aromatic carbocycles. The van der Waals surface area contributed by atoms with Gasteiger partial charge < -0.3 is 20.1 Å². The second kappa shape index (κ2) is 8.55. The molecule has 1 heterocycles. The van der Waals surface area contributed by atoms with Crippen LogP contribution in [0.15, 0.2) is 69.9 Å². The number of hydrogen-bond donors (Lipinski definition) is 3. The largest absolute Gasteiger partial charge is 0.489 e. The fourth-order valence-electron chi connectivity index (χ4n) is 2.50. The quantitative estimate of drug-likeness (QED) is 0.528. The van der Waals surface area contributed by atoms with Gasteiger partial charge in [-0.25, -0.2) is 4.79 Å². The topological polar surface area (TPSA) is 91.4 Å². The zero-order valence-electron chi connectivity index (χ0n) is 14.2. The van der Waals surface area contributed by atoms with Crippen molar-refractivity contribution in [3.05, 3.63) is 92.2 Å². The number of H-pyrrole nitrogens is 1. The van der Waals surface area contributed by atoms with E-state index in [2.05, 4.69) is 26.2 Å². The maximum atomic E-state index is 11.8. The summed E-state index contributed by atoms with van der Waals surface area (Å²) < 4.78 is 6.83. The van der Waals surface area contributed by atoms with Crippen molar-refractivity contribution in [2.45, 2.75) is 13.2 Å². The molecule has 1 aromatic heterocycles. The summed E-state index contributed by atoms with van der Waals surface area (Å²) in [6, 6.07) is 18.3. The summed E-state index contributed by atoms with van der Waals surface area (Å²) in [5.74, 6) is -0.107. The molecule has 0 fully saturated rings. The van der Waals surface area contributed by atoms with Crippen molar-refractivity contribution in [2.24, 2.45) is 0 Å². The molecule has 0 aliphatic heterocycles. The summed E-state index contributed by atoms with van der Waals surface area (Å²) in [6.07, 6.45) is 0. The first-order valence-corrected chi connectivity index (χ1v) is 8.98. The van der Waals surface area contributed by atoms with Crippen molar-refractivity contribution in [3.8, 4) is 5.75 Å². The van der Waals surface area contributed by atoms with Gasteiger partial charge in [-0.3, -0.25) is 4.79 Å². The number of carboxylic acid groups (broad SMARTS) is 1. The summed E-state index contributed by atoms with van der Waals surface area (Å²) in [7, 11) is 0. The van der Waals surface area contributed by atoms with E-state index in [9.17, 15) is 9.59 Å². The van der Waals surface area contributed by atoms with Gasteiger partial charge >= 0.3 is 5.97 Å². The Morgan fingerprint density at radius 2 is 1.89 bits per heavy atom. The maximum absolute atomic E-state index is 11.8. The van der Waals surface area contributed by atoms with E-state index < -0.39 is 11.5 Å². The van der Waals surface area contributed by atoms with Gasteiger partial charge in [-0.1, -0.05) is 46.3 Å². The molecule has 0 bridgehead atoms. The smallest absolute Gasteiger partial charge is 0.341 e. The van der Waals surface area contributed by atoms with Crippen LogP contribution in [0.5, 0.6) is 5.75 Å². The van der Waals surface area contributed by atoms with E-state index in [1.165, 1.54) is 12.1 Å². The summed E-state index contributed by atoms with van der Waals surface area (Å²) in [6.45, 7) is 0.839. The monoisotopic (exact) mass is 428 g/mol. The number of nitrogens with one attached hydrogen (secondary N) is 2. The van der Waals surface area contributed by atoms with Crippen molar-refractivity contribution in [2.75, 3.05) is 5.32 Å². The Labute approximate surface area is 164 Å². The Morgan fingerprint density at radius 1 is 1.11 bits per heavy atom. The maximum Gasteiger partial charge on any atom is 0.341 e. The van der Waals surface area contributed by atoms with Crippen LogP contribution in [0.4, 0.5) is 5.82 Å². The molecular weight excluding hydrogens is 412 g/mol. The summed E-state index contributed by atoms with van der Waals surface area (Å²) in [5.41, 5.74) is 1.01. The number of ether oxygens (including phenoxy) is 1. The number of benzene rings is 2. The number of hydrogen-bond acceptors (Lipinski definition) is 4. The van der Waals surface area contributed by atoms with Crippen LogP contribution in [0.25, 0.3) is 0 Å². The average molecular weight is 429 g/mol. The van der Waals surface area contributed by atoms with E-state index in [1.54, 1.807) is 0 Å². The van der Waals surface area contributed by atoms with Gasteiger partial charge in [0.1, 0.15) is 23.7 Å². The van der Waals surface area contributed by atoms with Crippen LogP contribution in [0, 0.1) is 0 Å². The molecule has 3 rings (SSSR count). The molecule has 3 aromatic rings. The highest BCUT2D eigenvalue weighted by atomic mass is 79.9. The first-order valence-electron chi connectivity index (χ1n) is 8.18. The third kappa shape index (κ3) is 4.98. The van der Waals surface area contributed by atoms with Crippen molar-refractivity contribution in [3.63, 3.8) is 0 Å². The number of aromatic nitrogens is 1. The Kier molecular flexibility index (Phi) is 5.93. The van der Waals surface area contributed by atoms with Crippen molar-refractivity contribution < 1.29 is 14.6 Å². The third-order valence-electron chi connectivity index (χ3n) is 3.87. The number of aromatic carboxylic acids is 1. The van der Waals surface area contributed by atoms with E-state index in [0.717, 1.165) is 21.3 Å². The van der Waals surface area contributed by atoms with Gasteiger partial charge in [-0.05, 0) is 35.9 Å². The molecule has 0 atom stereocenters.